The number of thiophene rings is 1. The highest BCUT2D eigenvalue weighted by molar-refractivity contribution is 7.15. The van der Waals surface area contributed by atoms with E-state index in [0.717, 1.165) is 33.1 Å². The lowest BCUT2D eigenvalue weighted by atomic mass is 10.0. The van der Waals surface area contributed by atoms with Crippen molar-refractivity contribution in [3.05, 3.63) is 50.2 Å². The minimum absolute atomic E-state index is 0.259. The third kappa shape index (κ3) is 3.04. The topological polar surface area (TPSA) is 54.3 Å². The Morgan fingerprint density at radius 1 is 1.38 bits per heavy atom. The summed E-state index contributed by atoms with van der Waals surface area (Å²) in [4.78, 5) is 25.4. The smallest absolute Gasteiger partial charge is 0.410 e. The molecule has 2 aliphatic heterocycles. The molecule has 5 nitrogen and oxygen atoms in total. The van der Waals surface area contributed by atoms with E-state index in [4.69, 9.17) is 21.3 Å². The number of ether oxygens (including phenoxy) is 1. The average Bonchev–Trinajstić information content (AvgIpc) is 2.88. The number of carbonyl (C=O) groups is 1. The van der Waals surface area contributed by atoms with Crippen LogP contribution in [0.25, 0.3) is 0 Å². The number of amides is 1. The quantitative estimate of drug-likeness (QED) is 0.763. The molecule has 3 heterocycles. The van der Waals surface area contributed by atoms with Gasteiger partial charge in [0, 0.05) is 28.2 Å². The van der Waals surface area contributed by atoms with Gasteiger partial charge in [0.15, 0.2) is 0 Å². The zero-order valence-electron chi connectivity index (χ0n) is 14.4. The van der Waals surface area contributed by atoms with Crippen molar-refractivity contribution in [1.29, 1.82) is 0 Å². The van der Waals surface area contributed by atoms with Gasteiger partial charge in [-0.3, -0.25) is 9.98 Å². The molecule has 0 unspecified atom stereocenters. The molecule has 0 fully saturated rings. The van der Waals surface area contributed by atoms with Crippen LogP contribution in [0.4, 0.5) is 10.5 Å². The highest BCUT2D eigenvalue weighted by Crippen LogP contribution is 2.41. The number of fused-ring (bicyclic) bond motifs is 3. The largest absolute Gasteiger partial charge is 0.450 e. The minimum Gasteiger partial charge on any atom is -0.450 e. The molecule has 7 heteroatoms. The highest BCUT2D eigenvalue weighted by Gasteiger charge is 2.30. The maximum atomic E-state index is 12.1. The fraction of sp³-hybridized carbons (Fsp3) is 0.316. The fourth-order valence-electron chi connectivity index (χ4n) is 3.25. The zero-order chi connectivity index (χ0) is 18.1. The summed E-state index contributed by atoms with van der Waals surface area (Å²) in [6.07, 6.45) is 2.35. The lowest BCUT2D eigenvalue weighted by Gasteiger charge is -2.26. The van der Waals surface area contributed by atoms with Crippen LogP contribution in [0.2, 0.25) is 5.02 Å². The van der Waals surface area contributed by atoms with Gasteiger partial charge in [-0.15, -0.1) is 11.3 Å². The number of hydrogen-bond acceptors (Lipinski definition) is 5. The highest BCUT2D eigenvalue weighted by atomic mass is 35.5. The summed E-state index contributed by atoms with van der Waals surface area (Å²) in [5.41, 5.74) is 3.99. The number of rotatable bonds is 2. The van der Waals surface area contributed by atoms with E-state index in [9.17, 15) is 4.79 Å². The third-order valence-corrected chi connectivity index (χ3v) is 5.99. The number of aliphatic imine (C=N–C) groups is 2. The summed E-state index contributed by atoms with van der Waals surface area (Å²) >= 11 is 8.07. The summed E-state index contributed by atoms with van der Waals surface area (Å²) in [6.45, 7) is 3.93. The Morgan fingerprint density at radius 2 is 2.23 bits per heavy atom. The number of benzene rings is 1. The first kappa shape index (κ1) is 17.2. The SMILES string of the molecule is CCOC(=O)N1CCc2c(sc3c2N=CCN=C3c2ccccc2Cl)C1. The maximum absolute atomic E-state index is 12.1. The van der Waals surface area contributed by atoms with Gasteiger partial charge in [0.2, 0.25) is 0 Å². The minimum atomic E-state index is -0.259. The molecule has 4 rings (SSSR count). The van der Waals surface area contributed by atoms with Gasteiger partial charge < -0.3 is 9.64 Å². The second kappa shape index (κ2) is 7.21. The normalized spacial score (nSPS) is 15.8. The van der Waals surface area contributed by atoms with Gasteiger partial charge in [0.05, 0.1) is 36.0 Å². The molecule has 0 atom stereocenters. The van der Waals surface area contributed by atoms with E-state index in [1.54, 1.807) is 16.2 Å². The van der Waals surface area contributed by atoms with Crippen LogP contribution in [0.5, 0.6) is 0 Å². The van der Waals surface area contributed by atoms with Gasteiger partial charge in [0.1, 0.15) is 0 Å². The molecule has 1 aromatic heterocycles. The Morgan fingerprint density at radius 3 is 3.04 bits per heavy atom. The van der Waals surface area contributed by atoms with Crippen molar-refractivity contribution in [3.63, 3.8) is 0 Å². The Labute approximate surface area is 161 Å². The summed E-state index contributed by atoms with van der Waals surface area (Å²) in [5.74, 6) is 0. The Kier molecular flexibility index (Phi) is 4.78. The van der Waals surface area contributed by atoms with Crippen LogP contribution < -0.4 is 0 Å². The van der Waals surface area contributed by atoms with Crippen molar-refractivity contribution in [2.45, 2.75) is 19.9 Å². The van der Waals surface area contributed by atoms with E-state index >= 15 is 0 Å². The monoisotopic (exact) mass is 387 g/mol. The van der Waals surface area contributed by atoms with E-state index in [-0.39, 0.29) is 6.09 Å². The Hall–Kier alpha value is -2.18. The summed E-state index contributed by atoms with van der Waals surface area (Å²) in [7, 11) is 0. The Bertz CT molecular complexity index is 920. The number of carbonyl (C=O) groups excluding carboxylic acids is 1. The van der Waals surface area contributed by atoms with Crippen LogP contribution in [0.3, 0.4) is 0 Å². The van der Waals surface area contributed by atoms with Crippen LogP contribution >= 0.6 is 22.9 Å². The van der Waals surface area contributed by atoms with E-state index in [0.29, 0.717) is 31.3 Å². The molecule has 0 aliphatic carbocycles. The molecule has 0 radical (unpaired) electrons. The van der Waals surface area contributed by atoms with Gasteiger partial charge in [0.25, 0.3) is 0 Å². The van der Waals surface area contributed by atoms with Crippen LogP contribution in [0, 0.1) is 0 Å². The molecule has 1 amide bonds. The van der Waals surface area contributed by atoms with Crippen LogP contribution in [-0.4, -0.2) is 42.6 Å². The Balaban J connectivity index is 1.74. The van der Waals surface area contributed by atoms with E-state index in [1.165, 1.54) is 5.56 Å². The summed E-state index contributed by atoms with van der Waals surface area (Å²) in [5, 5.41) is 0.679. The lowest BCUT2D eigenvalue weighted by Crippen LogP contribution is -2.35. The summed E-state index contributed by atoms with van der Waals surface area (Å²) in [6, 6.07) is 7.74. The fourth-order valence-corrected chi connectivity index (χ4v) is 4.81. The first-order valence-corrected chi connectivity index (χ1v) is 9.77. The van der Waals surface area contributed by atoms with E-state index in [2.05, 4.69) is 4.99 Å². The first-order valence-electron chi connectivity index (χ1n) is 8.57. The molecule has 0 N–H and O–H groups in total. The molecule has 2 aliphatic rings. The second-order valence-electron chi connectivity index (χ2n) is 6.03. The lowest BCUT2D eigenvalue weighted by molar-refractivity contribution is 0.103. The number of halogens is 1. The van der Waals surface area contributed by atoms with Gasteiger partial charge in [-0.05, 0) is 25.0 Å². The van der Waals surface area contributed by atoms with Crippen molar-refractivity contribution in [1.82, 2.24) is 4.90 Å². The van der Waals surface area contributed by atoms with Crippen LogP contribution in [0.15, 0.2) is 34.3 Å². The van der Waals surface area contributed by atoms with Crippen molar-refractivity contribution in [2.24, 2.45) is 9.98 Å². The van der Waals surface area contributed by atoms with Gasteiger partial charge in [-0.25, -0.2) is 4.79 Å². The average molecular weight is 388 g/mol. The predicted molar refractivity (Wildman–Crippen MR) is 106 cm³/mol. The zero-order valence-corrected chi connectivity index (χ0v) is 15.9. The van der Waals surface area contributed by atoms with Gasteiger partial charge in [-0.1, -0.05) is 29.8 Å². The van der Waals surface area contributed by atoms with Crippen molar-refractivity contribution >= 4 is 46.6 Å². The number of nitrogens with zero attached hydrogens (tertiary/aromatic N) is 3. The predicted octanol–water partition coefficient (Wildman–Crippen LogP) is 4.47. The molecule has 2 aromatic rings. The molecular weight excluding hydrogens is 370 g/mol. The molecule has 0 saturated carbocycles. The molecule has 0 saturated heterocycles. The molecule has 134 valence electrons. The van der Waals surface area contributed by atoms with E-state index in [1.807, 2.05) is 37.4 Å². The van der Waals surface area contributed by atoms with Crippen LogP contribution in [0.1, 0.15) is 27.8 Å². The first-order chi connectivity index (χ1) is 12.7. The molecule has 0 spiro atoms. The molecule has 26 heavy (non-hydrogen) atoms. The number of hydrogen-bond donors (Lipinski definition) is 0. The third-order valence-electron chi connectivity index (χ3n) is 4.45. The van der Waals surface area contributed by atoms with Gasteiger partial charge >= 0.3 is 6.09 Å². The molecule has 0 bridgehead atoms. The van der Waals surface area contributed by atoms with Crippen molar-refractivity contribution in [3.8, 4) is 0 Å². The molecule has 1 aromatic carbocycles. The van der Waals surface area contributed by atoms with Crippen molar-refractivity contribution in [2.75, 3.05) is 19.7 Å². The van der Waals surface area contributed by atoms with E-state index < -0.39 is 0 Å². The summed E-state index contributed by atoms with van der Waals surface area (Å²) < 4.78 is 5.15. The van der Waals surface area contributed by atoms with Crippen molar-refractivity contribution < 1.29 is 9.53 Å². The van der Waals surface area contributed by atoms with Crippen LogP contribution in [-0.2, 0) is 17.7 Å². The molecular formula is C19H18ClN3O2S. The maximum Gasteiger partial charge on any atom is 0.410 e. The van der Waals surface area contributed by atoms with Gasteiger partial charge in [-0.2, -0.15) is 0 Å². The second-order valence-corrected chi connectivity index (χ2v) is 7.55. The standard InChI is InChI=1S/C19H18ClN3O2S/c1-2-25-19(24)23-10-7-13-15(11-23)26-18-16(21-8-9-22-17(13)18)12-5-3-4-6-14(12)20/h3-6,9H,2,7-8,10-11H2,1H3.